The van der Waals surface area contributed by atoms with Crippen molar-refractivity contribution in [2.45, 2.75) is 45.4 Å². The molecule has 108 valence electrons. The van der Waals surface area contributed by atoms with E-state index < -0.39 is 11.7 Å². The largest absolute Gasteiger partial charge is 0.298 e. The Kier molecular flexibility index (Phi) is 6.67. The third-order valence-electron chi connectivity index (χ3n) is 3.38. The van der Waals surface area contributed by atoms with Crippen molar-refractivity contribution in [3.8, 4) is 6.07 Å². The Bertz CT molecular complexity index is 504. The molecular formula is C16H19ClFNO. The van der Waals surface area contributed by atoms with E-state index in [0.717, 1.165) is 25.7 Å². The van der Waals surface area contributed by atoms with Crippen LogP contribution >= 0.6 is 11.6 Å². The summed E-state index contributed by atoms with van der Waals surface area (Å²) in [7, 11) is 0. The Morgan fingerprint density at radius 2 is 1.95 bits per heavy atom. The fourth-order valence-electron chi connectivity index (χ4n) is 2.39. The zero-order chi connectivity index (χ0) is 15.1. The first-order valence-corrected chi connectivity index (χ1v) is 7.31. The van der Waals surface area contributed by atoms with E-state index in [1.165, 1.54) is 12.1 Å². The fourth-order valence-corrected chi connectivity index (χ4v) is 2.57. The lowest BCUT2D eigenvalue weighted by Gasteiger charge is -2.18. The van der Waals surface area contributed by atoms with Gasteiger partial charge in [0, 0.05) is 11.5 Å². The zero-order valence-corrected chi connectivity index (χ0v) is 12.6. The molecule has 0 bridgehead atoms. The van der Waals surface area contributed by atoms with E-state index in [9.17, 15) is 14.4 Å². The minimum Gasteiger partial charge on any atom is -0.298 e. The summed E-state index contributed by atoms with van der Waals surface area (Å²) >= 11 is 5.73. The normalized spacial score (nSPS) is 12.2. The van der Waals surface area contributed by atoms with Crippen LogP contribution in [0.15, 0.2) is 18.2 Å². The average Bonchev–Trinajstić information content (AvgIpc) is 2.44. The van der Waals surface area contributed by atoms with Gasteiger partial charge in [0.2, 0.25) is 0 Å². The number of Topliss-reactive ketones (excluding diaryl/α,β-unsaturated/α-hetero) is 1. The number of carbonyl (C=O) groups is 1. The highest BCUT2D eigenvalue weighted by molar-refractivity contribution is 6.30. The monoisotopic (exact) mass is 295 g/mol. The smallest absolute Gasteiger partial charge is 0.157 e. The maximum Gasteiger partial charge on any atom is 0.157 e. The molecule has 4 heteroatoms. The molecule has 20 heavy (non-hydrogen) atoms. The number of hydrogen-bond acceptors (Lipinski definition) is 2. The van der Waals surface area contributed by atoms with E-state index >= 15 is 0 Å². The lowest BCUT2D eigenvalue weighted by molar-refractivity contribution is -0.123. The maximum atomic E-state index is 14.0. The number of ketones is 1. The van der Waals surface area contributed by atoms with Crippen LogP contribution < -0.4 is 0 Å². The first kappa shape index (κ1) is 16.7. The van der Waals surface area contributed by atoms with Crippen LogP contribution in [0.4, 0.5) is 4.39 Å². The molecule has 0 saturated heterocycles. The third-order valence-corrected chi connectivity index (χ3v) is 3.67. The van der Waals surface area contributed by atoms with Crippen molar-refractivity contribution < 1.29 is 9.18 Å². The minimum atomic E-state index is -1.07. The van der Waals surface area contributed by atoms with Gasteiger partial charge in [-0.15, -0.1) is 0 Å². The van der Waals surface area contributed by atoms with E-state index in [0.29, 0.717) is 0 Å². The lowest BCUT2D eigenvalue weighted by Crippen LogP contribution is -2.22. The number of rotatable bonds is 7. The Hall–Kier alpha value is -1.40. The van der Waals surface area contributed by atoms with Gasteiger partial charge in [0.25, 0.3) is 0 Å². The molecule has 0 radical (unpaired) electrons. The number of nitriles is 1. The van der Waals surface area contributed by atoms with Crippen LogP contribution in [0.5, 0.6) is 0 Å². The summed E-state index contributed by atoms with van der Waals surface area (Å²) in [6.07, 6.45) is 3.19. The van der Waals surface area contributed by atoms with Crippen molar-refractivity contribution in [1.29, 1.82) is 5.26 Å². The van der Waals surface area contributed by atoms with Crippen LogP contribution in [0.3, 0.4) is 0 Å². The molecule has 0 aliphatic heterocycles. The number of nitrogens with zero attached hydrogens (tertiary/aromatic N) is 1. The Balaban J connectivity index is 3.09. The predicted octanol–water partition coefficient (Wildman–Crippen LogP) is 4.87. The van der Waals surface area contributed by atoms with Gasteiger partial charge in [-0.05, 0) is 18.9 Å². The Labute approximate surface area is 124 Å². The molecule has 0 amide bonds. The van der Waals surface area contributed by atoms with E-state index in [2.05, 4.69) is 0 Å². The molecule has 1 unspecified atom stereocenters. The van der Waals surface area contributed by atoms with Gasteiger partial charge in [0.15, 0.2) is 5.78 Å². The predicted molar refractivity (Wildman–Crippen MR) is 78.1 cm³/mol. The molecule has 1 rings (SSSR count). The van der Waals surface area contributed by atoms with Crippen LogP contribution in [0, 0.1) is 23.1 Å². The highest BCUT2D eigenvalue weighted by Gasteiger charge is 2.29. The van der Waals surface area contributed by atoms with Crippen LogP contribution in [0.1, 0.15) is 51.0 Å². The van der Waals surface area contributed by atoms with Gasteiger partial charge in [-0.25, -0.2) is 4.39 Å². The first-order valence-electron chi connectivity index (χ1n) is 6.94. The second kappa shape index (κ2) is 8.01. The molecule has 0 aliphatic carbocycles. The molecule has 0 N–H and O–H groups in total. The third kappa shape index (κ3) is 3.80. The summed E-state index contributed by atoms with van der Waals surface area (Å²) in [6, 6.07) is 6.37. The van der Waals surface area contributed by atoms with Crippen molar-refractivity contribution in [3.05, 3.63) is 34.6 Å². The summed E-state index contributed by atoms with van der Waals surface area (Å²) in [4.78, 5) is 12.5. The number of hydrogen-bond donors (Lipinski definition) is 0. The summed E-state index contributed by atoms with van der Waals surface area (Å²) in [6.45, 7) is 3.99. The molecule has 0 aromatic heterocycles. The Morgan fingerprint density at radius 1 is 1.35 bits per heavy atom. The molecule has 0 spiro atoms. The summed E-state index contributed by atoms with van der Waals surface area (Å²) in [5.74, 6) is -2.12. The molecular weight excluding hydrogens is 277 g/mol. The maximum absolute atomic E-state index is 14.0. The van der Waals surface area contributed by atoms with Crippen LogP contribution in [0.2, 0.25) is 5.02 Å². The van der Waals surface area contributed by atoms with E-state index in [-0.39, 0.29) is 22.3 Å². The summed E-state index contributed by atoms with van der Waals surface area (Å²) in [5.41, 5.74) is 0.0854. The Morgan fingerprint density at radius 3 is 2.45 bits per heavy atom. The standard InChI is InChI=1S/C16H19ClFNO/c1-3-6-11(7-4-2)16(20)13(10-19)12-8-5-9-14(17)15(12)18/h5,8-9,11,13H,3-4,6-7H2,1-2H3. The van der Waals surface area contributed by atoms with Crippen LogP contribution in [-0.2, 0) is 4.79 Å². The molecule has 1 atom stereocenters. The molecule has 2 nitrogen and oxygen atoms in total. The van der Waals surface area contributed by atoms with Crippen molar-refractivity contribution >= 4 is 17.4 Å². The second-order valence-electron chi connectivity index (χ2n) is 4.88. The highest BCUT2D eigenvalue weighted by atomic mass is 35.5. The zero-order valence-electron chi connectivity index (χ0n) is 11.8. The van der Waals surface area contributed by atoms with Crippen molar-refractivity contribution in [3.63, 3.8) is 0 Å². The molecule has 0 aliphatic rings. The summed E-state index contributed by atoms with van der Waals surface area (Å²) in [5, 5.41) is 9.21. The van der Waals surface area contributed by atoms with Crippen molar-refractivity contribution in [2.75, 3.05) is 0 Å². The second-order valence-corrected chi connectivity index (χ2v) is 5.29. The highest BCUT2D eigenvalue weighted by Crippen LogP contribution is 2.29. The molecule has 1 aromatic rings. The molecule has 0 heterocycles. The van der Waals surface area contributed by atoms with Gasteiger partial charge in [0.05, 0.1) is 11.1 Å². The molecule has 0 fully saturated rings. The van der Waals surface area contributed by atoms with Gasteiger partial charge in [0.1, 0.15) is 11.7 Å². The van der Waals surface area contributed by atoms with Crippen LogP contribution in [-0.4, -0.2) is 5.78 Å². The topological polar surface area (TPSA) is 40.9 Å². The molecule has 0 saturated carbocycles. The van der Waals surface area contributed by atoms with E-state index in [1.54, 1.807) is 6.07 Å². The van der Waals surface area contributed by atoms with Gasteiger partial charge in [-0.2, -0.15) is 5.26 Å². The van der Waals surface area contributed by atoms with E-state index in [1.807, 2.05) is 19.9 Å². The number of halogens is 2. The molecule has 1 aromatic carbocycles. The number of benzene rings is 1. The first-order chi connectivity index (χ1) is 9.56. The minimum absolute atomic E-state index is 0.0573. The average molecular weight is 296 g/mol. The van der Waals surface area contributed by atoms with Gasteiger partial charge in [-0.1, -0.05) is 50.4 Å². The van der Waals surface area contributed by atoms with Gasteiger partial charge in [-0.3, -0.25) is 4.79 Å². The van der Waals surface area contributed by atoms with E-state index in [4.69, 9.17) is 11.6 Å². The number of carbonyl (C=O) groups excluding carboxylic acids is 1. The SMILES string of the molecule is CCCC(CCC)C(=O)C(C#N)c1cccc(Cl)c1F. The fraction of sp³-hybridized carbons (Fsp3) is 0.500. The van der Waals surface area contributed by atoms with Crippen LogP contribution in [0.25, 0.3) is 0 Å². The van der Waals surface area contributed by atoms with Gasteiger partial charge < -0.3 is 0 Å². The quantitative estimate of drug-likeness (QED) is 0.720. The lowest BCUT2D eigenvalue weighted by atomic mass is 9.83. The van der Waals surface area contributed by atoms with Crippen molar-refractivity contribution in [2.24, 2.45) is 5.92 Å². The summed E-state index contributed by atoms with van der Waals surface area (Å²) < 4.78 is 14.0. The van der Waals surface area contributed by atoms with Crippen molar-refractivity contribution in [1.82, 2.24) is 0 Å². The van der Waals surface area contributed by atoms with Gasteiger partial charge >= 0.3 is 0 Å².